The molecular formula is C29H39O3P. The Labute approximate surface area is 200 Å². The molecule has 0 bridgehead atoms. The van der Waals surface area contributed by atoms with E-state index in [-0.39, 0.29) is 0 Å². The van der Waals surface area contributed by atoms with Crippen molar-refractivity contribution in [3.05, 3.63) is 89.5 Å². The molecule has 178 valence electrons. The minimum absolute atomic E-state index is 0.439. The molecule has 0 aliphatic rings. The summed E-state index contributed by atoms with van der Waals surface area (Å²) in [6.45, 7) is 8.70. The third kappa shape index (κ3) is 5.66. The van der Waals surface area contributed by atoms with Gasteiger partial charge in [0.15, 0.2) is 0 Å². The molecule has 0 saturated heterocycles. The number of hydrogen-bond donors (Lipinski definition) is 1. The summed E-state index contributed by atoms with van der Waals surface area (Å²) in [6, 6.07) is 23.6. The summed E-state index contributed by atoms with van der Waals surface area (Å²) in [5.41, 5.74) is 2.88. The standard InChI is InChI=1S/C29H39O3P/c1-5-6-7-8-9-16-23-31-33(30,28-21-14-11-18-25(28)3,29-22-15-12-19-26(29)4)32-27-20-13-10-17-24(27)2/h10-15,17-22,30H,5-9,16,23H2,1-4H3. The van der Waals surface area contributed by atoms with E-state index in [1.807, 2.05) is 93.6 Å². The van der Waals surface area contributed by atoms with Crippen LogP contribution in [0.1, 0.15) is 62.1 Å². The van der Waals surface area contributed by atoms with Crippen LogP contribution in [0, 0.1) is 20.8 Å². The zero-order chi connectivity index (χ0) is 23.8. The van der Waals surface area contributed by atoms with Crippen LogP contribution >= 0.6 is 7.28 Å². The Morgan fingerprint density at radius 2 is 1.12 bits per heavy atom. The number of aryl methyl sites for hydroxylation is 3. The van der Waals surface area contributed by atoms with E-state index in [4.69, 9.17) is 9.05 Å². The van der Waals surface area contributed by atoms with Gasteiger partial charge in [0.2, 0.25) is 0 Å². The molecule has 3 nitrogen and oxygen atoms in total. The molecule has 0 heterocycles. The second-order valence-corrected chi connectivity index (χ2v) is 12.2. The summed E-state index contributed by atoms with van der Waals surface area (Å²) in [6.07, 6.45) is 6.90. The van der Waals surface area contributed by atoms with Gasteiger partial charge in [-0.15, -0.1) is 0 Å². The van der Waals surface area contributed by atoms with Crippen LogP contribution in [0.15, 0.2) is 72.8 Å². The first-order valence-electron chi connectivity index (χ1n) is 12.2. The minimum atomic E-state index is -4.50. The van der Waals surface area contributed by atoms with E-state index in [2.05, 4.69) is 6.92 Å². The van der Waals surface area contributed by atoms with Gasteiger partial charge in [-0.3, -0.25) is 0 Å². The second-order valence-electron chi connectivity index (χ2n) is 8.95. The molecule has 4 heteroatoms. The van der Waals surface area contributed by atoms with Crippen LogP contribution in [0.2, 0.25) is 0 Å². The number of unbranched alkanes of at least 4 members (excludes halogenated alkanes) is 5. The van der Waals surface area contributed by atoms with Crippen molar-refractivity contribution < 1.29 is 13.9 Å². The maximum atomic E-state index is 13.0. The van der Waals surface area contributed by atoms with Crippen LogP contribution < -0.4 is 15.1 Å². The predicted octanol–water partition coefficient (Wildman–Crippen LogP) is 7.31. The molecule has 3 rings (SSSR count). The molecule has 0 fully saturated rings. The van der Waals surface area contributed by atoms with E-state index >= 15 is 0 Å². The van der Waals surface area contributed by atoms with Gasteiger partial charge in [0, 0.05) is 0 Å². The van der Waals surface area contributed by atoms with E-state index in [9.17, 15) is 4.89 Å². The van der Waals surface area contributed by atoms with Crippen molar-refractivity contribution in [3.63, 3.8) is 0 Å². The average Bonchev–Trinajstić information content (AvgIpc) is 2.81. The van der Waals surface area contributed by atoms with Gasteiger partial charge >= 0.3 is 200 Å². The Kier molecular flexibility index (Phi) is 8.70. The van der Waals surface area contributed by atoms with Crippen LogP contribution in [0.4, 0.5) is 0 Å². The number of benzene rings is 3. The molecule has 0 radical (unpaired) electrons. The topological polar surface area (TPSA) is 38.7 Å². The molecule has 0 unspecified atom stereocenters. The summed E-state index contributed by atoms with van der Waals surface area (Å²) in [7, 11) is -4.50. The van der Waals surface area contributed by atoms with Crippen LogP contribution in [-0.2, 0) is 4.52 Å². The molecule has 1 N–H and O–H groups in total. The van der Waals surface area contributed by atoms with Crippen molar-refractivity contribution in [2.24, 2.45) is 0 Å². The zero-order valence-corrected chi connectivity index (χ0v) is 21.5. The van der Waals surface area contributed by atoms with Gasteiger partial charge in [-0.2, -0.15) is 0 Å². The van der Waals surface area contributed by atoms with E-state index in [0.717, 1.165) is 40.1 Å². The monoisotopic (exact) mass is 466 g/mol. The van der Waals surface area contributed by atoms with Crippen molar-refractivity contribution >= 4 is 17.9 Å². The van der Waals surface area contributed by atoms with Gasteiger partial charge in [-0.05, 0) is 0 Å². The average molecular weight is 467 g/mol. The molecule has 0 saturated carbocycles. The van der Waals surface area contributed by atoms with Crippen LogP contribution in [0.5, 0.6) is 5.75 Å². The fourth-order valence-corrected chi connectivity index (χ4v) is 8.28. The third-order valence-corrected chi connectivity index (χ3v) is 10.2. The summed E-state index contributed by atoms with van der Waals surface area (Å²) >= 11 is 0. The van der Waals surface area contributed by atoms with Gasteiger partial charge in [-0.25, -0.2) is 0 Å². The molecule has 33 heavy (non-hydrogen) atoms. The second kappa shape index (κ2) is 11.3. The molecule has 0 aliphatic carbocycles. The Bertz CT molecular complexity index is 1000. The summed E-state index contributed by atoms with van der Waals surface area (Å²) in [5, 5.41) is 1.46. The van der Waals surface area contributed by atoms with E-state index < -0.39 is 7.28 Å². The van der Waals surface area contributed by atoms with Gasteiger partial charge < -0.3 is 0 Å². The normalized spacial score (nSPS) is 12.8. The quantitative estimate of drug-likeness (QED) is 0.225. The van der Waals surface area contributed by atoms with E-state index in [1.54, 1.807) is 0 Å². The van der Waals surface area contributed by atoms with Gasteiger partial charge in [0.1, 0.15) is 0 Å². The first kappa shape index (κ1) is 25.4. The fraction of sp³-hybridized carbons (Fsp3) is 0.379. The van der Waals surface area contributed by atoms with E-state index in [0.29, 0.717) is 12.4 Å². The Morgan fingerprint density at radius 1 is 0.636 bits per heavy atom. The molecule has 0 amide bonds. The Morgan fingerprint density at radius 3 is 1.67 bits per heavy atom. The SMILES string of the molecule is CCCCCCCCOP(O)(Oc1ccccc1C)(c1ccccc1C)c1ccccc1C. The number of hydrogen-bond acceptors (Lipinski definition) is 3. The van der Waals surface area contributed by atoms with Gasteiger partial charge in [0.05, 0.1) is 0 Å². The van der Waals surface area contributed by atoms with Crippen LogP contribution in [-0.4, -0.2) is 11.5 Å². The van der Waals surface area contributed by atoms with Crippen LogP contribution in [0.3, 0.4) is 0 Å². The number of rotatable bonds is 12. The van der Waals surface area contributed by atoms with Crippen LogP contribution in [0.25, 0.3) is 0 Å². The first-order valence-corrected chi connectivity index (χ1v) is 14.2. The predicted molar refractivity (Wildman–Crippen MR) is 142 cm³/mol. The third-order valence-electron chi connectivity index (χ3n) is 6.27. The molecule has 0 atom stereocenters. The number of para-hydroxylation sites is 1. The van der Waals surface area contributed by atoms with Crippen molar-refractivity contribution in [2.75, 3.05) is 6.61 Å². The summed E-state index contributed by atoms with van der Waals surface area (Å²) < 4.78 is 13.4. The first-order chi connectivity index (χ1) is 15.9. The van der Waals surface area contributed by atoms with Gasteiger partial charge in [-0.1, -0.05) is 0 Å². The summed E-state index contributed by atoms with van der Waals surface area (Å²) in [4.78, 5) is 13.0. The Balaban J connectivity index is 2.10. The molecular weight excluding hydrogens is 427 g/mol. The van der Waals surface area contributed by atoms with Gasteiger partial charge in [0.25, 0.3) is 0 Å². The van der Waals surface area contributed by atoms with E-state index in [1.165, 1.54) is 25.7 Å². The zero-order valence-electron chi connectivity index (χ0n) is 20.6. The van der Waals surface area contributed by atoms with Crippen molar-refractivity contribution in [1.82, 2.24) is 0 Å². The van der Waals surface area contributed by atoms with Crippen molar-refractivity contribution in [1.29, 1.82) is 0 Å². The molecule has 0 aliphatic heterocycles. The molecule has 3 aromatic rings. The van der Waals surface area contributed by atoms with Crippen molar-refractivity contribution in [3.8, 4) is 5.75 Å². The maximum absolute atomic E-state index is 13.0. The molecule has 3 aromatic carbocycles. The Hall–Kier alpha value is -2.19. The summed E-state index contributed by atoms with van der Waals surface area (Å²) in [5.74, 6) is 0.645. The fourth-order valence-electron chi connectivity index (χ4n) is 4.36. The van der Waals surface area contributed by atoms with Crippen molar-refractivity contribution in [2.45, 2.75) is 66.2 Å². The molecule has 0 spiro atoms. The molecule has 0 aromatic heterocycles.